The minimum Gasteiger partial charge on any atom is -0.444 e. The maximum atomic E-state index is 10.6. The molecule has 3 N–H and O–H groups in total. The van der Waals surface area contributed by atoms with Crippen LogP contribution in [-0.4, -0.2) is 23.4 Å². The summed E-state index contributed by atoms with van der Waals surface area (Å²) < 4.78 is 5.78. The molecule has 0 aromatic rings. The van der Waals surface area contributed by atoms with Crippen LogP contribution in [0.25, 0.3) is 0 Å². The Morgan fingerprint density at radius 3 is 2.56 bits per heavy atom. The highest BCUT2D eigenvalue weighted by Crippen LogP contribution is 2.23. The zero-order valence-corrected chi connectivity index (χ0v) is 11.9. The molecule has 0 aliphatic heterocycles. The van der Waals surface area contributed by atoms with E-state index in [2.05, 4.69) is 22.6 Å². The Labute approximate surface area is 110 Å². The van der Waals surface area contributed by atoms with Crippen molar-refractivity contribution in [2.24, 2.45) is 5.73 Å². The van der Waals surface area contributed by atoms with Crippen molar-refractivity contribution in [1.82, 2.24) is 0 Å². The fourth-order valence-electron chi connectivity index (χ4n) is 1.23. The number of hydrogen-bond acceptors (Lipinski definition) is 3. The van der Waals surface area contributed by atoms with Crippen LogP contribution in [0.3, 0.4) is 0 Å². The normalized spacial score (nSPS) is 16.8. The van der Waals surface area contributed by atoms with Crippen LogP contribution in [0.5, 0.6) is 0 Å². The van der Waals surface area contributed by atoms with Gasteiger partial charge < -0.3 is 15.6 Å². The number of aliphatic hydroxyl groups excluding tert-OH is 1. The fraction of sp³-hybridized carbons (Fsp3) is 0.545. The fourth-order valence-corrected chi connectivity index (χ4v) is 1.73. The van der Waals surface area contributed by atoms with Gasteiger partial charge in [-0.3, -0.25) is 0 Å². The van der Waals surface area contributed by atoms with Crippen molar-refractivity contribution >= 4 is 28.7 Å². The highest BCUT2D eigenvalue weighted by atomic mass is 127. The Morgan fingerprint density at radius 2 is 2.19 bits per heavy atom. The number of aliphatic hydroxyl groups is 1. The van der Waals surface area contributed by atoms with E-state index in [1.807, 2.05) is 26.0 Å². The molecule has 0 fully saturated rings. The second-order valence-corrected chi connectivity index (χ2v) is 4.60. The quantitative estimate of drug-likeness (QED) is 0.597. The van der Waals surface area contributed by atoms with Crippen molar-refractivity contribution < 1.29 is 14.6 Å². The van der Waals surface area contributed by atoms with Crippen molar-refractivity contribution in [3.8, 4) is 0 Å². The molecule has 0 radical (unpaired) electrons. The molecule has 4 nitrogen and oxygen atoms in total. The van der Waals surface area contributed by atoms with Crippen molar-refractivity contribution in [2.45, 2.75) is 39.4 Å². The molecule has 0 aliphatic rings. The van der Waals surface area contributed by atoms with Crippen LogP contribution < -0.4 is 5.73 Å². The van der Waals surface area contributed by atoms with E-state index in [1.54, 1.807) is 6.92 Å². The number of nitrogens with two attached hydrogens (primary N) is 1. The van der Waals surface area contributed by atoms with Crippen LogP contribution in [0, 0.1) is 0 Å². The van der Waals surface area contributed by atoms with Crippen molar-refractivity contribution in [2.75, 3.05) is 0 Å². The van der Waals surface area contributed by atoms with Crippen LogP contribution in [0.15, 0.2) is 21.3 Å². The third-order valence-electron chi connectivity index (χ3n) is 2.04. The summed E-state index contributed by atoms with van der Waals surface area (Å²) in [4.78, 5) is 10.6. The molecule has 1 amide bonds. The van der Waals surface area contributed by atoms with Gasteiger partial charge in [0.2, 0.25) is 0 Å². The van der Waals surface area contributed by atoms with E-state index in [4.69, 9.17) is 10.5 Å². The number of allylic oxidation sites excluding steroid dienone is 2. The van der Waals surface area contributed by atoms with E-state index < -0.39 is 18.3 Å². The second kappa shape index (κ2) is 7.67. The molecule has 0 unspecified atom stereocenters. The maximum Gasteiger partial charge on any atom is 0.404 e. The van der Waals surface area contributed by atoms with Gasteiger partial charge in [-0.1, -0.05) is 19.1 Å². The van der Waals surface area contributed by atoms with E-state index in [9.17, 15) is 9.90 Å². The lowest BCUT2D eigenvalue weighted by Gasteiger charge is -2.20. The zero-order chi connectivity index (χ0) is 12.7. The number of amides is 1. The van der Waals surface area contributed by atoms with Crippen LogP contribution in [0.2, 0.25) is 0 Å². The Balaban J connectivity index is 4.88. The summed E-state index contributed by atoms with van der Waals surface area (Å²) in [6.45, 7) is 5.47. The average molecular weight is 339 g/mol. The maximum absolute atomic E-state index is 10.6. The molecule has 0 saturated carbocycles. The van der Waals surface area contributed by atoms with E-state index in [0.717, 1.165) is 15.6 Å². The van der Waals surface area contributed by atoms with Crippen LogP contribution in [-0.2, 0) is 4.74 Å². The van der Waals surface area contributed by atoms with E-state index >= 15 is 0 Å². The number of carbonyl (C=O) groups excluding carboxylic acids is 1. The van der Waals surface area contributed by atoms with Crippen LogP contribution in [0.4, 0.5) is 4.79 Å². The topological polar surface area (TPSA) is 72.6 Å². The van der Waals surface area contributed by atoms with Gasteiger partial charge in [-0.2, -0.15) is 0 Å². The first-order chi connectivity index (χ1) is 7.43. The molecule has 2 atom stereocenters. The van der Waals surface area contributed by atoms with Gasteiger partial charge in [0.15, 0.2) is 0 Å². The summed E-state index contributed by atoms with van der Waals surface area (Å²) in [7, 11) is 0. The minimum absolute atomic E-state index is 0.653. The monoisotopic (exact) mass is 339 g/mol. The number of halogens is 1. The zero-order valence-electron chi connectivity index (χ0n) is 9.74. The summed E-state index contributed by atoms with van der Waals surface area (Å²) in [5.41, 5.74) is 5.67. The number of rotatable bonds is 5. The number of ether oxygens (including phenoxy) is 1. The molecule has 92 valence electrons. The van der Waals surface area contributed by atoms with E-state index in [-0.39, 0.29) is 0 Å². The first kappa shape index (κ1) is 15.4. The molecule has 0 aromatic carbocycles. The van der Waals surface area contributed by atoms with Gasteiger partial charge in [0, 0.05) is 0 Å². The number of primary amides is 1. The van der Waals surface area contributed by atoms with Crippen LogP contribution >= 0.6 is 22.6 Å². The summed E-state index contributed by atoms with van der Waals surface area (Å²) >= 11 is 2.17. The molecule has 0 saturated heterocycles. The standard InChI is InChI=1S/C11H18INO3/c1-4-6-8(9(12)5-2)10(14)7(3)16-11(13)15/h4,6-7,10,14H,5H2,1-3H3,(H2,13,15)/b6-4-,9-8-/t7-,10+/m0/s1. The summed E-state index contributed by atoms with van der Waals surface area (Å²) in [5.74, 6) is 0. The lowest BCUT2D eigenvalue weighted by atomic mass is 10.0. The third kappa shape index (κ3) is 4.98. The molecular weight excluding hydrogens is 321 g/mol. The highest BCUT2D eigenvalue weighted by molar-refractivity contribution is 14.1. The molecule has 0 bridgehead atoms. The van der Waals surface area contributed by atoms with E-state index in [1.165, 1.54) is 0 Å². The summed E-state index contributed by atoms with van der Waals surface area (Å²) in [6.07, 6.45) is 2.09. The van der Waals surface area contributed by atoms with E-state index in [0.29, 0.717) is 0 Å². The Bertz CT molecular complexity index is 300. The summed E-state index contributed by atoms with van der Waals surface area (Å²) in [5, 5.41) is 10.0. The third-order valence-corrected chi connectivity index (χ3v) is 3.42. The van der Waals surface area contributed by atoms with Gasteiger partial charge in [0.1, 0.15) is 12.2 Å². The molecule has 0 heterocycles. The van der Waals surface area contributed by atoms with Gasteiger partial charge in [-0.05, 0) is 52.0 Å². The minimum atomic E-state index is -0.877. The predicted molar refractivity (Wildman–Crippen MR) is 72.3 cm³/mol. The first-order valence-electron chi connectivity index (χ1n) is 5.09. The van der Waals surface area contributed by atoms with Gasteiger partial charge in [0.05, 0.1) is 0 Å². The molecule has 0 spiro atoms. The van der Waals surface area contributed by atoms with Crippen molar-refractivity contribution in [3.05, 3.63) is 21.3 Å². The van der Waals surface area contributed by atoms with Crippen LogP contribution in [0.1, 0.15) is 27.2 Å². The highest BCUT2D eigenvalue weighted by Gasteiger charge is 2.21. The van der Waals surface area contributed by atoms with Gasteiger partial charge in [0.25, 0.3) is 0 Å². The molecule has 16 heavy (non-hydrogen) atoms. The van der Waals surface area contributed by atoms with Crippen molar-refractivity contribution in [1.29, 1.82) is 0 Å². The molecule has 0 aliphatic carbocycles. The first-order valence-corrected chi connectivity index (χ1v) is 6.17. The van der Waals surface area contributed by atoms with Gasteiger partial charge in [-0.25, -0.2) is 4.79 Å². The molecule has 0 aromatic heterocycles. The number of carbonyl (C=O) groups is 1. The van der Waals surface area contributed by atoms with Crippen molar-refractivity contribution in [3.63, 3.8) is 0 Å². The van der Waals surface area contributed by atoms with Gasteiger partial charge in [-0.15, -0.1) is 0 Å². The SMILES string of the molecule is C/C=C\C(=C(\I)CC)[C@H](O)[C@H](C)OC(N)=O. The smallest absolute Gasteiger partial charge is 0.404 e. The molecule has 0 rings (SSSR count). The second-order valence-electron chi connectivity index (χ2n) is 3.30. The Morgan fingerprint density at radius 1 is 1.62 bits per heavy atom. The lowest BCUT2D eigenvalue weighted by Crippen LogP contribution is -2.32. The van der Waals surface area contributed by atoms with Gasteiger partial charge >= 0.3 is 6.09 Å². The number of hydrogen-bond donors (Lipinski definition) is 2. The Kier molecular flexibility index (Phi) is 7.40. The lowest BCUT2D eigenvalue weighted by molar-refractivity contribution is 0.0366. The predicted octanol–water partition coefficient (Wildman–Crippen LogP) is 2.51. The summed E-state index contributed by atoms with van der Waals surface area (Å²) in [6, 6.07) is 0. The Hall–Kier alpha value is -0.560. The average Bonchev–Trinajstić information content (AvgIpc) is 2.23. The largest absolute Gasteiger partial charge is 0.444 e. The molecular formula is C11H18INO3. The molecule has 5 heteroatoms.